The SMILES string of the molecule is c1ccc(-c2ccc3c(-c4ccccc4-c4ccccc4)c4ccccc4c(-c4ccc5oc6ccccc6c5c4)c3c2)cc1. The summed E-state index contributed by atoms with van der Waals surface area (Å²) in [6.45, 7) is 0. The first kappa shape index (κ1) is 25.6. The number of furan rings is 1. The molecule has 0 N–H and O–H groups in total. The van der Waals surface area contributed by atoms with E-state index in [1.165, 1.54) is 66.1 Å². The molecule has 1 heteroatoms. The topological polar surface area (TPSA) is 13.1 Å². The molecule has 0 aliphatic heterocycles. The zero-order valence-corrected chi connectivity index (χ0v) is 24.6. The highest BCUT2D eigenvalue weighted by atomic mass is 16.3. The van der Waals surface area contributed by atoms with Crippen molar-refractivity contribution in [3.8, 4) is 44.5 Å². The van der Waals surface area contributed by atoms with Crippen molar-refractivity contribution in [2.75, 3.05) is 0 Å². The van der Waals surface area contributed by atoms with Crippen LogP contribution < -0.4 is 0 Å². The highest BCUT2D eigenvalue weighted by Gasteiger charge is 2.20. The van der Waals surface area contributed by atoms with Crippen molar-refractivity contribution in [1.29, 1.82) is 0 Å². The lowest BCUT2D eigenvalue weighted by Crippen LogP contribution is -1.93. The van der Waals surface area contributed by atoms with Gasteiger partial charge in [-0.1, -0.05) is 146 Å². The normalized spacial score (nSPS) is 11.6. The Bertz CT molecular complexity index is 2520. The van der Waals surface area contributed by atoms with Crippen LogP contribution in [0.2, 0.25) is 0 Å². The van der Waals surface area contributed by atoms with E-state index in [0.29, 0.717) is 0 Å². The molecule has 0 unspecified atom stereocenters. The number of para-hydroxylation sites is 1. The van der Waals surface area contributed by atoms with E-state index < -0.39 is 0 Å². The maximum Gasteiger partial charge on any atom is 0.135 e. The number of hydrogen-bond acceptors (Lipinski definition) is 1. The first-order valence-electron chi connectivity index (χ1n) is 15.4. The minimum absolute atomic E-state index is 0.909. The molecule has 1 heterocycles. The highest BCUT2D eigenvalue weighted by molar-refractivity contribution is 6.23. The highest BCUT2D eigenvalue weighted by Crippen LogP contribution is 2.47. The molecule has 210 valence electrons. The summed E-state index contributed by atoms with van der Waals surface area (Å²) in [4.78, 5) is 0. The Morgan fingerprint density at radius 1 is 0.267 bits per heavy atom. The molecule has 1 aromatic heterocycles. The smallest absolute Gasteiger partial charge is 0.135 e. The van der Waals surface area contributed by atoms with E-state index in [0.717, 1.165) is 21.9 Å². The van der Waals surface area contributed by atoms with Crippen LogP contribution in [0.15, 0.2) is 174 Å². The van der Waals surface area contributed by atoms with Crippen LogP contribution in [-0.2, 0) is 0 Å². The Morgan fingerprint density at radius 3 is 1.58 bits per heavy atom. The number of rotatable bonds is 4. The van der Waals surface area contributed by atoms with Gasteiger partial charge in [0, 0.05) is 10.8 Å². The van der Waals surface area contributed by atoms with Crippen LogP contribution in [0.4, 0.5) is 0 Å². The Labute approximate surface area is 261 Å². The van der Waals surface area contributed by atoms with Gasteiger partial charge in [0.1, 0.15) is 11.2 Å². The maximum atomic E-state index is 6.23. The van der Waals surface area contributed by atoms with Crippen LogP contribution in [0.1, 0.15) is 0 Å². The largest absolute Gasteiger partial charge is 0.456 e. The predicted molar refractivity (Wildman–Crippen MR) is 190 cm³/mol. The zero-order chi connectivity index (χ0) is 29.7. The molecule has 0 aliphatic rings. The van der Waals surface area contributed by atoms with Crippen molar-refractivity contribution in [1.82, 2.24) is 0 Å². The van der Waals surface area contributed by atoms with Gasteiger partial charge >= 0.3 is 0 Å². The fraction of sp³-hybridized carbons (Fsp3) is 0. The van der Waals surface area contributed by atoms with Gasteiger partial charge in [-0.3, -0.25) is 0 Å². The third-order valence-electron chi connectivity index (χ3n) is 9.08. The summed E-state index contributed by atoms with van der Waals surface area (Å²) >= 11 is 0. The molecule has 9 rings (SSSR count). The van der Waals surface area contributed by atoms with Gasteiger partial charge in [-0.15, -0.1) is 0 Å². The van der Waals surface area contributed by atoms with Gasteiger partial charge < -0.3 is 4.42 Å². The lowest BCUT2D eigenvalue weighted by molar-refractivity contribution is 0.669. The quantitative estimate of drug-likeness (QED) is 0.191. The molecule has 45 heavy (non-hydrogen) atoms. The van der Waals surface area contributed by atoms with E-state index in [1.54, 1.807) is 0 Å². The molecule has 0 spiro atoms. The van der Waals surface area contributed by atoms with Gasteiger partial charge in [0.2, 0.25) is 0 Å². The lowest BCUT2D eigenvalue weighted by atomic mass is 9.83. The van der Waals surface area contributed by atoms with Crippen molar-refractivity contribution in [3.05, 3.63) is 170 Å². The molecule has 8 aromatic carbocycles. The first-order chi connectivity index (χ1) is 22.3. The Balaban J connectivity index is 1.42. The summed E-state index contributed by atoms with van der Waals surface area (Å²) in [6.07, 6.45) is 0. The van der Waals surface area contributed by atoms with E-state index in [9.17, 15) is 0 Å². The van der Waals surface area contributed by atoms with Crippen LogP contribution in [0.25, 0.3) is 88.0 Å². The molecule has 0 fully saturated rings. The Morgan fingerprint density at radius 2 is 0.800 bits per heavy atom. The van der Waals surface area contributed by atoms with E-state index in [-0.39, 0.29) is 0 Å². The van der Waals surface area contributed by atoms with Crippen molar-refractivity contribution in [2.24, 2.45) is 0 Å². The molecule has 0 atom stereocenters. The van der Waals surface area contributed by atoms with Gasteiger partial charge in [0.05, 0.1) is 0 Å². The van der Waals surface area contributed by atoms with Crippen LogP contribution >= 0.6 is 0 Å². The van der Waals surface area contributed by atoms with Crippen LogP contribution in [-0.4, -0.2) is 0 Å². The van der Waals surface area contributed by atoms with E-state index in [2.05, 4.69) is 158 Å². The second-order valence-corrected chi connectivity index (χ2v) is 11.6. The minimum Gasteiger partial charge on any atom is -0.456 e. The van der Waals surface area contributed by atoms with E-state index in [4.69, 9.17) is 4.42 Å². The van der Waals surface area contributed by atoms with Crippen molar-refractivity contribution < 1.29 is 4.42 Å². The predicted octanol–water partition coefficient (Wildman–Crippen LogP) is 12.6. The Hall–Kier alpha value is -5.92. The van der Waals surface area contributed by atoms with Gasteiger partial charge in [0.15, 0.2) is 0 Å². The van der Waals surface area contributed by atoms with Crippen molar-refractivity contribution >= 4 is 43.5 Å². The average molecular weight is 573 g/mol. The third-order valence-corrected chi connectivity index (χ3v) is 9.08. The van der Waals surface area contributed by atoms with Gasteiger partial charge in [-0.05, 0) is 90.3 Å². The van der Waals surface area contributed by atoms with Gasteiger partial charge in [-0.2, -0.15) is 0 Å². The van der Waals surface area contributed by atoms with Gasteiger partial charge in [0.25, 0.3) is 0 Å². The van der Waals surface area contributed by atoms with Crippen LogP contribution in [0.5, 0.6) is 0 Å². The maximum absolute atomic E-state index is 6.23. The Kier molecular flexibility index (Phi) is 5.89. The van der Waals surface area contributed by atoms with Crippen LogP contribution in [0.3, 0.4) is 0 Å². The summed E-state index contributed by atoms with van der Waals surface area (Å²) in [6, 6.07) is 61.1. The molecule has 0 bridgehead atoms. The zero-order valence-electron chi connectivity index (χ0n) is 24.6. The molecule has 0 aliphatic carbocycles. The monoisotopic (exact) mass is 572 g/mol. The number of benzene rings is 8. The summed E-state index contributed by atoms with van der Waals surface area (Å²) in [7, 11) is 0. The van der Waals surface area contributed by atoms with Crippen molar-refractivity contribution in [3.63, 3.8) is 0 Å². The molecule has 0 saturated heterocycles. The average Bonchev–Trinajstić information content (AvgIpc) is 3.49. The van der Waals surface area contributed by atoms with Crippen molar-refractivity contribution in [2.45, 2.75) is 0 Å². The third kappa shape index (κ3) is 4.17. The molecule has 0 radical (unpaired) electrons. The summed E-state index contributed by atoms with van der Waals surface area (Å²) in [5, 5.41) is 7.23. The first-order valence-corrected chi connectivity index (χ1v) is 15.4. The molecule has 0 amide bonds. The fourth-order valence-electron chi connectivity index (χ4n) is 7.04. The molecular formula is C44H28O. The molecule has 0 saturated carbocycles. The van der Waals surface area contributed by atoms with E-state index >= 15 is 0 Å². The minimum atomic E-state index is 0.909. The fourth-order valence-corrected chi connectivity index (χ4v) is 7.04. The van der Waals surface area contributed by atoms with E-state index in [1.807, 2.05) is 12.1 Å². The molecular weight excluding hydrogens is 544 g/mol. The lowest BCUT2D eigenvalue weighted by Gasteiger charge is -2.20. The standard InChI is InChI=1S/C44H28O/c1-3-13-29(14-4-1)31-23-25-38-40(27-31)43(32-24-26-42-39(28-32)34-18-11-12-22-41(34)45-42)36-20-9-10-21-37(36)44(38)35-19-8-7-17-33(35)30-15-5-2-6-16-30/h1-28H. The molecule has 9 aromatic rings. The second-order valence-electron chi connectivity index (χ2n) is 11.6. The van der Waals surface area contributed by atoms with Gasteiger partial charge in [-0.25, -0.2) is 0 Å². The number of hydrogen-bond donors (Lipinski definition) is 0. The van der Waals surface area contributed by atoms with Crippen LogP contribution in [0, 0.1) is 0 Å². The number of fused-ring (bicyclic) bond motifs is 5. The molecule has 1 nitrogen and oxygen atoms in total. The summed E-state index contributed by atoms with van der Waals surface area (Å²) in [5.74, 6) is 0. The summed E-state index contributed by atoms with van der Waals surface area (Å²) < 4.78 is 6.23. The second kappa shape index (κ2) is 10.4. The summed E-state index contributed by atoms with van der Waals surface area (Å²) in [5.41, 5.74) is 11.6.